The van der Waals surface area contributed by atoms with Crippen molar-refractivity contribution in [3.8, 4) is 21.9 Å². The molecule has 0 saturated carbocycles. The van der Waals surface area contributed by atoms with Crippen LogP contribution in [-0.2, 0) is 0 Å². The van der Waals surface area contributed by atoms with Crippen molar-refractivity contribution in [1.29, 1.82) is 0 Å². The van der Waals surface area contributed by atoms with E-state index in [9.17, 15) is 0 Å². The van der Waals surface area contributed by atoms with Crippen LogP contribution < -0.4 is 0 Å². The highest BCUT2D eigenvalue weighted by Gasteiger charge is 2.22. The number of nitrogens with zero attached hydrogens (tertiary/aromatic N) is 3. The summed E-state index contributed by atoms with van der Waals surface area (Å²) in [4.78, 5) is 5.55. The molecule has 11 rings (SSSR count). The number of aromatic nitrogens is 3. The summed E-state index contributed by atoms with van der Waals surface area (Å²) >= 11 is 3.67. The van der Waals surface area contributed by atoms with Crippen LogP contribution in [0.3, 0.4) is 0 Å². The first-order valence-corrected chi connectivity index (χ1v) is 17.8. The van der Waals surface area contributed by atoms with Crippen molar-refractivity contribution in [2.75, 3.05) is 0 Å². The lowest BCUT2D eigenvalue weighted by Gasteiger charge is -2.08. The van der Waals surface area contributed by atoms with E-state index >= 15 is 0 Å². The van der Waals surface area contributed by atoms with Gasteiger partial charge < -0.3 is 4.57 Å². The molecule has 7 aromatic carbocycles. The highest BCUT2D eigenvalue weighted by Crippen LogP contribution is 2.47. The van der Waals surface area contributed by atoms with Crippen LogP contribution >= 0.6 is 22.7 Å². The smallest absolute Gasteiger partial charge is 0.195 e. The summed E-state index contributed by atoms with van der Waals surface area (Å²) in [5.41, 5.74) is 9.32. The monoisotopic (exact) mass is 647 g/mol. The van der Waals surface area contributed by atoms with Crippen LogP contribution in [0.4, 0.5) is 0 Å². The first kappa shape index (κ1) is 26.3. The zero-order valence-corrected chi connectivity index (χ0v) is 27.2. The van der Waals surface area contributed by atoms with Crippen molar-refractivity contribution in [2.24, 2.45) is 0 Å². The third-order valence-corrected chi connectivity index (χ3v) is 11.9. The van der Waals surface area contributed by atoms with Crippen molar-refractivity contribution in [2.45, 2.75) is 0 Å². The predicted molar refractivity (Wildman–Crippen MR) is 207 cm³/mol. The fourth-order valence-electron chi connectivity index (χ4n) is 7.69. The summed E-state index contributed by atoms with van der Waals surface area (Å²) in [5, 5.41) is 8.58. The lowest BCUT2D eigenvalue weighted by Crippen LogP contribution is -1.95. The van der Waals surface area contributed by atoms with Gasteiger partial charge >= 0.3 is 0 Å². The van der Waals surface area contributed by atoms with Gasteiger partial charge in [0.05, 0.1) is 32.3 Å². The average Bonchev–Trinajstić information content (AvgIpc) is 3.90. The van der Waals surface area contributed by atoms with E-state index in [1.54, 1.807) is 11.3 Å². The second-order valence-corrected chi connectivity index (χ2v) is 14.4. The number of para-hydroxylation sites is 3. The van der Waals surface area contributed by atoms with Gasteiger partial charge in [0.2, 0.25) is 0 Å². The molecule has 0 spiro atoms. The van der Waals surface area contributed by atoms with Crippen LogP contribution in [0, 0.1) is 0 Å². The van der Waals surface area contributed by atoms with E-state index in [4.69, 9.17) is 4.98 Å². The van der Waals surface area contributed by atoms with E-state index in [0.717, 1.165) is 21.9 Å². The topological polar surface area (TPSA) is 22.8 Å². The summed E-state index contributed by atoms with van der Waals surface area (Å²) in [6.07, 6.45) is 0. The molecular formula is C43H25N3S2. The summed E-state index contributed by atoms with van der Waals surface area (Å²) in [5.74, 6) is 0. The molecule has 48 heavy (non-hydrogen) atoms. The van der Waals surface area contributed by atoms with Crippen LogP contribution in [0.15, 0.2) is 152 Å². The van der Waals surface area contributed by atoms with E-state index in [1.807, 2.05) is 11.3 Å². The highest BCUT2D eigenvalue weighted by molar-refractivity contribution is 7.28. The van der Waals surface area contributed by atoms with Crippen molar-refractivity contribution < 1.29 is 0 Å². The Morgan fingerprint density at radius 3 is 1.79 bits per heavy atom. The predicted octanol–water partition coefficient (Wildman–Crippen LogP) is 12.5. The molecule has 0 aliphatic carbocycles. The van der Waals surface area contributed by atoms with Crippen LogP contribution in [0.1, 0.15) is 0 Å². The molecule has 0 aliphatic rings. The molecule has 224 valence electrons. The number of rotatable bonds is 3. The summed E-state index contributed by atoms with van der Waals surface area (Å²) in [6.45, 7) is 0. The Bertz CT molecular complexity index is 3050. The van der Waals surface area contributed by atoms with Gasteiger partial charge in [-0.25, -0.2) is 4.98 Å². The van der Waals surface area contributed by atoms with E-state index in [0.29, 0.717) is 0 Å². The molecule has 4 heterocycles. The van der Waals surface area contributed by atoms with E-state index in [1.165, 1.54) is 74.1 Å². The Labute approximate surface area is 283 Å². The number of hydrogen-bond donors (Lipinski definition) is 0. The SMILES string of the molecule is c1ccc(-c2cc3sc4ccccc4c3c3sc(-n4c5ccccc5c5cc6c7ccccc7n(-c7ccccc7)c6cc54)nc23)cc1. The number of fused-ring (bicyclic) bond motifs is 11. The zero-order valence-electron chi connectivity index (χ0n) is 25.6. The van der Waals surface area contributed by atoms with E-state index < -0.39 is 0 Å². The molecule has 0 aliphatic heterocycles. The van der Waals surface area contributed by atoms with Gasteiger partial charge in [0.1, 0.15) is 0 Å². The lowest BCUT2D eigenvalue weighted by atomic mass is 10.0. The largest absolute Gasteiger partial charge is 0.309 e. The maximum absolute atomic E-state index is 5.55. The van der Waals surface area contributed by atoms with Crippen LogP contribution in [0.25, 0.3) is 95.9 Å². The van der Waals surface area contributed by atoms with Gasteiger partial charge in [-0.1, -0.05) is 114 Å². The first-order chi connectivity index (χ1) is 23.8. The lowest BCUT2D eigenvalue weighted by molar-refractivity contribution is 1.14. The zero-order chi connectivity index (χ0) is 31.3. The number of benzene rings is 7. The standard InChI is InChI=1S/C43H25N3S2/c1-3-13-26(14-4-1)31-24-39-40(30-19-9-12-22-38(30)47-39)42-41(31)44-43(48-42)46-35-21-11-8-18-29(35)33-23-32-28-17-7-10-20-34(28)45(36(32)25-37(33)46)27-15-5-2-6-16-27/h1-25H. The molecular weight excluding hydrogens is 623 g/mol. The third-order valence-electron chi connectivity index (χ3n) is 9.75. The van der Waals surface area contributed by atoms with Gasteiger partial charge in [0, 0.05) is 53.0 Å². The second kappa shape index (κ2) is 9.88. The molecule has 0 radical (unpaired) electrons. The third kappa shape index (κ3) is 3.60. The molecule has 0 N–H and O–H groups in total. The first-order valence-electron chi connectivity index (χ1n) is 16.1. The van der Waals surface area contributed by atoms with Gasteiger partial charge in [-0.15, -0.1) is 11.3 Å². The Hall–Kier alpha value is -5.75. The Morgan fingerprint density at radius 2 is 1.04 bits per heavy atom. The summed E-state index contributed by atoms with van der Waals surface area (Å²) in [7, 11) is 0. The highest BCUT2D eigenvalue weighted by atomic mass is 32.1. The molecule has 0 amide bonds. The second-order valence-electron chi connectivity index (χ2n) is 12.4. The molecule has 0 atom stereocenters. The normalized spacial score (nSPS) is 12.2. The summed E-state index contributed by atoms with van der Waals surface area (Å²) < 4.78 is 8.65. The minimum atomic E-state index is 0.984. The average molecular weight is 648 g/mol. The minimum absolute atomic E-state index is 0.984. The molecule has 0 saturated heterocycles. The van der Waals surface area contributed by atoms with Crippen LogP contribution in [0.5, 0.6) is 0 Å². The van der Waals surface area contributed by atoms with Gasteiger partial charge in [0.25, 0.3) is 0 Å². The van der Waals surface area contributed by atoms with Crippen molar-refractivity contribution >= 4 is 96.7 Å². The van der Waals surface area contributed by atoms with Crippen LogP contribution in [-0.4, -0.2) is 14.1 Å². The maximum Gasteiger partial charge on any atom is 0.195 e. The summed E-state index contributed by atoms with van der Waals surface area (Å²) in [6, 6.07) is 54.9. The van der Waals surface area contributed by atoms with Crippen molar-refractivity contribution in [3.05, 3.63) is 152 Å². The quantitative estimate of drug-likeness (QED) is 0.187. The fourth-order valence-corrected chi connectivity index (χ4v) is 10.1. The minimum Gasteiger partial charge on any atom is -0.309 e. The molecule has 0 fully saturated rings. The molecule has 5 heteroatoms. The van der Waals surface area contributed by atoms with E-state index in [-0.39, 0.29) is 0 Å². The van der Waals surface area contributed by atoms with Crippen LogP contribution in [0.2, 0.25) is 0 Å². The Morgan fingerprint density at radius 1 is 0.438 bits per heavy atom. The molecule has 11 aromatic rings. The molecule has 4 aromatic heterocycles. The number of hydrogen-bond acceptors (Lipinski definition) is 3. The number of thiazole rings is 1. The fraction of sp³-hybridized carbons (Fsp3) is 0. The van der Waals surface area contributed by atoms with E-state index in [2.05, 4.69) is 161 Å². The molecule has 0 bridgehead atoms. The maximum atomic E-state index is 5.55. The van der Waals surface area contributed by atoms with Crippen molar-refractivity contribution in [3.63, 3.8) is 0 Å². The number of thiophene rings is 1. The van der Waals surface area contributed by atoms with Gasteiger partial charge in [-0.2, -0.15) is 0 Å². The van der Waals surface area contributed by atoms with Crippen molar-refractivity contribution in [1.82, 2.24) is 14.1 Å². The van der Waals surface area contributed by atoms with Gasteiger partial charge in [-0.05, 0) is 54.1 Å². The molecule has 3 nitrogen and oxygen atoms in total. The Balaban J connectivity index is 1.29. The van der Waals surface area contributed by atoms with Gasteiger partial charge in [0.15, 0.2) is 5.13 Å². The van der Waals surface area contributed by atoms with Gasteiger partial charge in [-0.3, -0.25) is 4.57 Å². The molecule has 0 unspecified atom stereocenters. The Kier molecular flexibility index (Phi) is 5.42.